The van der Waals surface area contributed by atoms with Gasteiger partial charge in [0.25, 0.3) is 0 Å². The number of rotatable bonds is 9. The topological polar surface area (TPSA) is 120 Å². The summed E-state index contributed by atoms with van der Waals surface area (Å²) in [7, 11) is 0. The predicted octanol–water partition coefficient (Wildman–Crippen LogP) is 8.31. The van der Waals surface area contributed by atoms with Gasteiger partial charge in [-0.2, -0.15) is 0 Å². The van der Waals surface area contributed by atoms with E-state index in [1.54, 1.807) is 60.7 Å². The molecule has 0 radical (unpaired) electrons. The first-order valence-corrected chi connectivity index (χ1v) is 15.1. The number of ketones is 1. The minimum absolute atomic E-state index is 0.0182. The zero-order chi connectivity index (χ0) is 33.8. The van der Waals surface area contributed by atoms with E-state index in [-0.39, 0.29) is 63.0 Å². The van der Waals surface area contributed by atoms with Crippen molar-refractivity contribution in [2.75, 3.05) is 0 Å². The van der Waals surface area contributed by atoms with Crippen LogP contribution in [0.25, 0.3) is 21.9 Å². The molecule has 4 aromatic carbocycles. The van der Waals surface area contributed by atoms with E-state index in [0.717, 1.165) is 11.1 Å². The molecule has 1 aromatic heterocycles. The summed E-state index contributed by atoms with van der Waals surface area (Å²) in [4.78, 5) is 53.7. The molecule has 0 saturated heterocycles. The van der Waals surface area contributed by atoms with Crippen molar-refractivity contribution in [2.24, 2.45) is 0 Å². The second-order valence-electron chi connectivity index (χ2n) is 11.6. The molecular formula is C39H34O8. The molecule has 47 heavy (non-hydrogen) atoms. The minimum atomic E-state index is -0.694. The molecule has 0 bridgehead atoms. The quantitative estimate of drug-likeness (QED) is 0.0568. The first-order chi connectivity index (χ1) is 22.5. The minimum Gasteiger partial charge on any atom is -0.507 e. The van der Waals surface area contributed by atoms with Crippen LogP contribution in [-0.2, 0) is 12.8 Å². The highest BCUT2D eigenvalue weighted by molar-refractivity contribution is 6.07. The van der Waals surface area contributed by atoms with Gasteiger partial charge in [-0.05, 0) is 77.3 Å². The molecule has 0 aliphatic heterocycles. The van der Waals surface area contributed by atoms with Crippen molar-refractivity contribution < 1.29 is 33.4 Å². The molecule has 0 fully saturated rings. The van der Waals surface area contributed by atoms with Crippen LogP contribution in [0.4, 0.5) is 0 Å². The Morgan fingerprint density at radius 1 is 0.681 bits per heavy atom. The number of Topliss-reactive ketones (excluding diaryl/α,β-unsaturated/α-hetero) is 1. The van der Waals surface area contributed by atoms with Gasteiger partial charge in [0.05, 0.1) is 22.1 Å². The van der Waals surface area contributed by atoms with Crippen LogP contribution in [0.1, 0.15) is 76.8 Å². The van der Waals surface area contributed by atoms with Crippen molar-refractivity contribution in [1.82, 2.24) is 0 Å². The molecule has 0 atom stereocenters. The maximum atomic E-state index is 14.4. The number of hydrogen-bond acceptors (Lipinski definition) is 8. The summed E-state index contributed by atoms with van der Waals surface area (Å²) in [5.74, 6) is -2.22. The van der Waals surface area contributed by atoms with Crippen molar-refractivity contribution in [3.63, 3.8) is 0 Å². The molecule has 0 spiro atoms. The number of carbonyl (C=O) groups excluding carboxylic acids is 3. The zero-order valence-electron chi connectivity index (χ0n) is 26.8. The number of esters is 2. The summed E-state index contributed by atoms with van der Waals surface area (Å²) >= 11 is 0. The fourth-order valence-corrected chi connectivity index (χ4v) is 5.26. The average molecular weight is 631 g/mol. The molecule has 238 valence electrons. The van der Waals surface area contributed by atoms with E-state index in [0.29, 0.717) is 11.1 Å². The molecule has 8 nitrogen and oxygen atoms in total. The second-order valence-corrected chi connectivity index (χ2v) is 11.6. The Morgan fingerprint density at radius 2 is 1.15 bits per heavy atom. The highest BCUT2D eigenvalue weighted by Crippen LogP contribution is 2.40. The zero-order valence-corrected chi connectivity index (χ0v) is 26.8. The monoisotopic (exact) mass is 630 g/mol. The molecule has 0 saturated carbocycles. The van der Waals surface area contributed by atoms with Gasteiger partial charge < -0.3 is 19.0 Å². The average Bonchev–Trinajstić information content (AvgIpc) is 3.03. The maximum absolute atomic E-state index is 14.4. The lowest BCUT2D eigenvalue weighted by atomic mass is 9.93. The number of aromatic hydroxyl groups is 1. The van der Waals surface area contributed by atoms with Gasteiger partial charge in [0, 0.05) is 17.7 Å². The van der Waals surface area contributed by atoms with Crippen molar-refractivity contribution >= 4 is 39.7 Å². The number of phenolic OH excluding ortho intramolecular Hbond substituents is 1. The SMILES string of the molecule is CC(=O)c1c(OC(=O)c2ccccc2)cc2oc3cc(OC(=O)c4ccccc4)c(CC=C(C)C)c(O)c3c(=O)c2c1CC=C(C)C. The Labute approximate surface area is 271 Å². The third kappa shape index (κ3) is 6.92. The van der Waals surface area contributed by atoms with Crippen molar-refractivity contribution in [1.29, 1.82) is 0 Å². The standard InChI is InChI=1S/C39H34O8/c1-22(2)16-18-27-29(46-38(43)25-12-8-6-9-13-25)20-32-35(36(27)41)37(42)34-28(19-17-23(3)4)33(24(5)40)30(21-31(34)45-32)47-39(44)26-14-10-7-11-15-26/h6-17,20-21,41H,18-19H2,1-5H3. The van der Waals surface area contributed by atoms with Crippen LogP contribution in [0.3, 0.4) is 0 Å². The van der Waals surface area contributed by atoms with E-state index in [4.69, 9.17) is 13.9 Å². The molecule has 0 aliphatic carbocycles. The van der Waals surface area contributed by atoms with E-state index in [9.17, 15) is 24.3 Å². The highest BCUT2D eigenvalue weighted by atomic mass is 16.5. The summed E-state index contributed by atoms with van der Waals surface area (Å²) in [6.07, 6.45) is 4.00. The van der Waals surface area contributed by atoms with Crippen LogP contribution in [0, 0.1) is 0 Å². The Bertz CT molecular complexity index is 2150. The summed E-state index contributed by atoms with van der Waals surface area (Å²) in [5, 5.41) is 11.6. The van der Waals surface area contributed by atoms with E-state index in [1.807, 2.05) is 39.8 Å². The number of hydrogen-bond donors (Lipinski definition) is 1. The maximum Gasteiger partial charge on any atom is 0.343 e. The van der Waals surface area contributed by atoms with Crippen molar-refractivity contribution in [2.45, 2.75) is 47.5 Å². The van der Waals surface area contributed by atoms with E-state index < -0.39 is 28.9 Å². The smallest absolute Gasteiger partial charge is 0.343 e. The molecule has 5 rings (SSSR count). The third-order valence-electron chi connectivity index (χ3n) is 7.57. The van der Waals surface area contributed by atoms with E-state index in [1.165, 1.54) is 19.1 Å². The van der Waals surface area contributed by atoms with Gasteiger partial charge in [0.2, 0.25) is 5.43 Å². The molecule has 0 aliphatic rings. The normalized spacial score (nSPS) is 10.8. The van der Waals surface area contributed by atoms with Gasteiger partial charge in [-0.25, -0.2) is 9.59 Å². The van der Waals surface area contributed by atoms with Crippen LogP contribution < -0.4 is 14.9 Å². The largest absolute Gasteiger partial charge is 0.507 e. The van der Waals surface area contributed by atoms with Crippen LogP contribution in [-0.4, -0.2) is 22.8 Å². The van der Waals surface area contributed by atoms with Gasteiger partial charge in [0.15, 0.2) is 5.78 Å². The number of allylic oxidation sites excluding steroid dienone is 4. The second kappa shape index (κ2) is 13.7. The Kier molecular flexibility index (Phi) is 9.51. The Balaban J connectivity index is 1.80. The summed E-state index contributed by atoms with van der Waals surface area (Å²) in [5.41, 5.74) is 2.41. The van der Waals surface area contributed by atoms with Crippen LogP contribution in [0.5, 0.6) is 17.2 Å². The predicted molar refractivity (Wildman–Crippen MR) is 181 cm³/mol. The molecule has 1 heterocycles. The Hall–Kier alpha value is -5.76. The number of fused-ring (bicyclic) bond motifs is 2. The number of ether oxygens (including phenoxy) is 2. The number of benzene rings is 4. The fourth-order valence-electron chi connectivity index (χ4n) is 5.26. The molecule has 1 N–H and O–H groups in total. The fraction of sp³-hybridized carbons (Fsp3) is 0.179. The third-order valence-corrected chi connectivity index (χ3v) is 7.57. The van der Waals surface area contributed by atoms with Gasteiger partial charge >= 0.3 is 11.9 Å². The first kappa shape index (κ1) is 32.6. The lowest BCUT2D eigenvalue weighted by Gasteiger charge is -2.17. The summed E-state index contributed by atoms with van der Waals surface area (Å²) in [6, 6.07) is 19.4. The van der Waals surface area contributed by atoms with E-state index in [2.05, 4.69) is 0 Å². The summed E-state index contributed by atoms with van der Waals surface area (Å²) < 4.78 is 17.7. The van der Waals surface area contributed by atoms with Crippen molar-refractivity contribution in [3.8, 4) is 17.2 Å². The molecule has 0 unspecified atom stereocenters. The van der Waals surface area contributed by atoms with Crippen LogP contribution >= 0.6 is 0 Å². The van der Waals surface area contributed by atoms with Gasteiger partial charge in [0.1, 0.15) is 33.8 Å². The van der Waals surface area contributed by atoms with Crippen molar-refractivity contribution in [3.05, 3.63) is 134 Å². The summed E-state index contributed by atoms with van der Waals surface area (Å²) in [6.45, 7) is 8.87. The lowest BCUT2D eigenvalue weighted by Crippen LogP contribution is -2.15. The van der Waals surface area contributed by atoms with Gasteiger partial charge in [-0.1, -0.05) is 59.7 Å². The molecule has 8 heteroatoms. The molecule has 0 amide bonds. The number of phenols is 1. The molecule has 5 aromatic rings. The van der Waals surface area contributed by atoms with Gasteiger partial charge in [-0.15, -0.1) is 0 Å². The van der Waals surface area contributed by atoms with Gasteiger partial charge in [-0.3, -0.25) is 9.59 Å². The molecular weight excluding hydrogens is 596 g/mol. The van der Waals surface area contributed by atoms with Crippen LogP contribution in [0.2, 0.25) is 0 Å². The Morgan fingerprint density at radius 3 is 1.66 bits per heavy atom. The first-order valence-electron chi connectivity index (χ1n) is 15.1. The highest BCUT2D eigenvalue weighted by Gasteiger charge is 2.27. The van der Waals surface area contributed by atoms with Crippen LogP contribution in [0.15, 0.2) is 105 Å². The van der Waals surface area contributed by atoms with E-state index >= 15 is 0 Å². The number of carbonyl (C=O) groups is 3. The lowest BCUT2D eigenvalue weighted by molar-refractivity contribution is 0.0722.